The van der Waals surface area contributed by atoms with Gasteiger partial charge in [0, 0.05) is 29.4 Å². The Bertz CT molecular complexity index is 805. The maximum absolute atomic E-state index is 11.0. The topological polar surface area (TPSA) is 60.1 Å². The van der Waals surface area contributed by atoms with Crippen molar-refractivity contribution >= 4 is 17.3 Å². The van der Waals surface area contributed by atoms with Crippen molar-refractivity contribution in [1.29, 1.82) is 5.26 Å². The van der Waals surface area contributed by atoms with E-state index in [1.807, 2.05) is 44.2 Å². The summed E-state index contributed by atoms with van der Waals surface area (Å²) in [5.74, 6) is 0. The summed E-state index contributed by atoms with van der Waals surface area (Å²) in [6, 6.07) is 11.7. The number of aromatic nitrogens is 1. The van der Waals surface area contributed by atoms with Crippen LogP contribution in [0.15, 0.2) is 30.3 Å². The highest BCUT2D eigenvalue weighted by atomic mass is 35.5. The van der Waals surface area contributed by atoms with E-state index in [-0.39, 0.29) is 0 Å². The minimum Gasteiger partial charge on any atom is -0.385 e. The van der Waals surface area contributed by atoms with Crippen molar-refractivity contribution < 1.29 is 5.11 Å². The van der Waals surface area contributed by atoms with E-state index in [4.69, 9.17) is 11.6 Å². The molecular formula is C19H20ClN3O. The molecule has 0 amide bonds. The van der Waals surface area contributed by atoms with Gasteiger partial charge in [-0.15, -0.1) is 0 Å². The third-order valence-electron chi connectivity index (χ3n) is 4.73. The van der Waals surface area contributed by atoms with Gasteiger partial charge in [0.05, 0.1) is 22.5 Å². The molecule has 1 aliphatic rings. The lowest BCUT2D eigenvalue weighted by atomic mass is 9.84. The van der Waals surface area contributed by atoms with Crippen molar-refractivity contribution in [1.82, 2.24) is 4.98 Å². The highest BCUT2D eigenvalue weighted by molar-refractivity contribution is 6.31. The Kier molecular flexibility index (Phi) is 4.49. The van der Waals surface area contributed by atoms with Crippen LogP contribution in [-0.4, -0.2) is 23.2 Å². The number of anilines is 1. The first kappa shape index (κ1) is 16.8. The fraction of sp³-hybridized carbons (Fsp3) is 0.368. The van der Waals surface area contributed by atoms with Crippen LogP contribution in [-0.2, 0) is 5.60 Å². The van der Waals surface area contributed by atoms with Crippen molar-refractivity contribution in [3.8, 4) is 6.07 Å². The van der Waals surface area contributed by atoms with E-state index in [9.17, 15) is 10.4 Å². The first-order valence-corrected chi connectivity index (χ1v) is 8.43. The first-order chi connectivity index (χ1) is 11.4. The molecule has 4 nitrogen and oxygen atoms in total. The summed E-state index contributed by atoms with van der Waals surface area (Å²) in [4.78, 5) is 6.53. The van der Waals surface area contributed by atoms with E-state index < -0.39 is 5.60 Å². The largest absolute Gasteiger partial charge is 0.385 e. The monoisotopic (exact) mass is 341 g/mol. The fourth-order valence-corrected chi connectivity index (χ4v) is 3.73. The fourth-order valence-electron chi connectivity index (χ4n) is 3.42. The Morgan fingerprint density at radius 2 is 1.92 bits per heavy atom. The van der Waals surface area contributed by atoms with Crippen LogP contribution >= 0.6 is 11.6 Å². The summed E-state index contributed by atoms with van der Waals surface area (Å²) in [5, 5.41) is 21.1. The highest BCUT2D eigenvalue weighted by Gasteiger charge is 2.36. The van der Waals surface area contributed by atoms with Crippen LogP contribution in [0.3, 0.4) is 0 Å². The molecule has 0 aliphatic carbocycles. The second-order valence-electron chi connectivity index (χ2n) is 6.35. The molecule has 1 aliphatic heterocycles. The number of aliphatic hydroxyl groups is 1. The van der Waals surface area contributed by atoms with Crippen molar-refractivity contribution in [2.75, 3.05) is 18.0 Å². The van der Waals surface area contributed by atoms with Crippen molar-refractivity contribution in [2.24, 2.45) is 0 Å². The zero-order chi connectivity index (χ0) is 17.3. The molecule has 1 N–H and O–H groups in total. The number of nitriles is 1. The quantitative estimate of drug-likeness (QED) is 0.904. The maximum atomic E-state index is 11.0. The lowest BCUT2D eigenvalue weighted by Gasteiger charge is -2.40. The Hall–Kier alpha value is -2.09. The normalized spacial score (nSPS) is 16.7. The number of rotatable bonds is 2. The SMILES string of the molecule is Cc1cc(N2CCC(O)(c3ccccc3Cl)CC2)c(C#N)c(C)n1. The van der Waals surface area contributed by atoms with Crippen molar-refractivity contribution in [2.45, 2.75) is 32.3 Å². The van der Waals surface area contributed by atoms with Gasteiger partial charge in [0.25, 0.3) is 0 Å². The first-order valence-electron chi connectivity index (χ1n) is 8.05. The number of halogens is 1. The maximum Gasteiger partial charge on any atom is 0.103 e. The van der Waals surface area contributed by atoms with E-state index >= 15 is 0 Å². The van der Waals surface area contributed by atoms with Crippen LogP contribution in [0.5, 0.6) is 0 Å². The number of hydrogen-bond donors (Lipinski definition) is 1. The van der Waals surface area contributed by atoms with E-state index in [1.165, 1.54) is 0 Å². The summed E-state index contributed by atoms with van der Waals surface area (Å²) in [6.45, 7) is 5.12. The van der Waals surface area contributed by atoms with Crippen LogP contribution in [0.4, 0.5) is 5.69 Å². The average molecular weight is 342 g/mol. The van der Waals surface area contributed by atoms with Gasteiger partial charge in [0.2, 0.25) is 0 Å². The molecule has 2 heterocycles. The lowest BCUT2D eigenvalue weighted by Crippen LogP contribution is -2.43. The molecular weight excluding hydrogens is 322 g/mol. The molecule has 1 aromatic heterocycles. The predicted octanol–water partition coefficient (Wildman–Crippen LogP) is 3.71. The molecule has 5 heteroatoms. The number of piperidine rings is 1. The summed E-state index contributed by atoms with van der Waals surface area (Å²) in [6.07, 6.45) is 1.14. The van der Waals surface area contributed by atoms with Gasteiger partial charge in [0.15, 0.2) is 0 Å². The van der Waals surface area contributed by atoms with Crippen LogP contribution in [0.1, 0.15) is 35.4 Å². The molecule has 24 heavy (non-hydrogen) atoms. The molecule has 0 saturated carbocycles. The summed E-state index contributed by atoms with van der Waals surface area (Å²) >= 11 is 6.26. The second kappa shape index (κ2) is 6.43. The molecule has 0 unspecified atom stereocenters. The predicted molar refractivity (Wildman–Crippen MR) is 95.2 cm³/mol. The molecule has 1 fully saturated rings. The Morgan fingerprint density at radius 1 is 1.25 bits per heavy atom. The van der Waals surface area contributed by atoms with Gasteiger partial charge in [-0.3, -0.25) is 4.98 Å². The van der Waals surface area contributed by atoms with Crippen molar-refractivity contribution in [3.05, 3.63) is 57.9 Å². The summed E-state index contributed by atoms with van der Waals surface area (Å²) in [7, 11) is 0. The number of benzene rings is 1. The van der Waals surface area contributed by atoms with Gasteiger partial charge in [0.1, 0.15) is 6.07 Å². The molecule has 1 saturated heterocycles. The molecule has 3 rings (SSSR count). The number of aryl methyl sites for hydroxylation is 2. The van der Waals surface area contributed by atoms with E-state index in [2.05, 4.69) is 16.0 Å². The summed E-state index contributed by atoms with van der Waals surface area (Å²) < 4.78 is 0. The Balaban J connectivity index is 1.86. The van der Waals surface area contributed by atoms with Crippen LogP contribution in [0, 0.1) is 25.2 Å². The second-order valence-corrected chi connectivity index (χ2v) is 6.76. The lowest BCUT2D eigenvalue weighted by molar-refractivity contribution is 0.0119. The van der Waals surface area contributed by atoms with Crippen molar-refractivity contribution in [3.63, 3.8) is 0 Å². The van der Waals surface area contributed by atoms with E-state index in [0.29, 0.717) is 36.5 Å². The third-order valence-corrected chi connectivity index (χ3v) is 5.06. The standard InChI is InChI=1S/C19H20ClN3O/c1-13-11-18(15(12-21)14(2)22-13)23-9-7-19(24,8-10-23)16-5-3-4-6-17(16)20/h3-6,11,24H,7-10H2,1-2H3. The molecule has 0 atom stereocenters. The average Bonchev–Trinajstić information content (AvgIpc) is 2.55. The van der Waals surface area contributed by atoms with Gasteiger partial charge in [-0.25, -0.2) is 0 Å². The number of hydrogen-bond acceptors (Lipinski definition) is 4. The molecule has 124 valence electrons. The van der Waals surface area contributed by atoms with Gasteiger partial charge < -0.3 is 10.0 Å². The highest BCUT2D eigenvalue weighted by Crippen LogP contribution is 2.38. The number of nitrogens with zero attached hydrogens (tertiary/aromatic N) is 3. The van der Waals surface area contributed by atoms with E-state index in [0.717, 1.165) is 22.6 Å². The van der Waals surface area contributed by atoms with Gasteiger partial charge >= 0.3 is 0 Å². The van der Waals surface area contributed by atoms with Gasteiger partial charge in [-0.2, -0.15) is 5.26 Å². The zero-order valence-electron chi connectivity index (χ0n) is 13.9. The van der Waals surface area contributed by atoms with Crippen LogP contribution in [0.2, 0.25) is 5.02 Å². The Morgan fingerprint density at radius 3 is 2.54 bits per heavy atom. The molecule has 2 aromatic rings. The summed E-state index contributed by atoms with van der Waals surface area (Å²) in [5.41, 5.74) is 3.04. The molecule has 0 radical (unpaired) electrons. The smallest absolute Gasteiger partial charge is 0.103 e. The van der Waals surface area contributed by atoms with Crippen LogP contribution < -0.4 is 4.90 Å². The molecule has 0 spiro atoms. The minimum atomic E-state index is -0.918. The molecule has 0 bridgehead atoms. The van der Waals surface area contributed by atoms with Gasteiger partial charge in [-0.05, 0) is 38.8 Å². The Labute approximate surface area is 147 Å². The van der Waals surface area contributed by atoms with Crippen LogP contribution in [0.25, 0.3) is 0 Å². The third kappa shape index (κ3) is 2.98. The van der Waals surface area contributed by atoms with E-state index in [1.54, 1.807) is 0 Å². The van der Waals surface area contributed by atoms with Gasteiger partial charge in [-0.1, -0.05) is 29.8 Å². The zero-order valence-corrected chi connectivity index (χ0v) is 14.6. The molecule has 1 aromatic carbocycles. The minimum absolute atomic E-state index is 0.571. The number of pyridine rings is 1.